The van der Waals surface area contributed by atoms with Gasteiger partial charge in [0.15, 0.2) is 0 Å². The summed E-state index contributed by atoms with van der Waals surface area (Å²) in [6.07, 6.45) is -5.55. The summed E-state index contributed by atoms with van der Waals surface area (Å²) in [5.74, 6) is -1.03. The van der Waals surface area contributed by atoms with Gasteiger partial charge in [0.05, 0.1) is 6.10 Å². The van der Waals surface area contributed by atoms with Crippen LogP contribution in [0, 0.1) is 0 Å². The van der Waals surface area contributed by atoms with Crippen molar-refractivity contribution < 1.29 is 23.1 Å². The van der Waals surface area contributed by atoms with Crippen molar-refractivity contribution in [3.05, 3.63) is 35.4 Å². The number of β-amino-alcohol motifs (C(OH)–C–C–N with tert-alkyl or cyclic N) is 1. The van der Waals surface area contributed by atoms with Crippen molar-refractivity contribution in [1.29, 1.82) is 0 Å². The first-order valence-electron chi connectivity index (χ1n) is 7.14. The van der Waals surface area contributed by atoms with Crippen LogP contribution in [0.3, 0.4) is 0 Å². The maximum atomic E-state index is 12.1. The van der Waals surface area contributed by atoms with Crippen LogP contribution in [-0.2, 0) is 17.9 Å². The minimum absolute atomic E-state index is 0.0709. The molecule has 2 rings (SSSR count). The van der Waals surface area contributed by atoms with Gasteiger partial charge < -0.3 is 10.4 Å². The van der Waals surface area contributed by atoms with Crippen LogP contribution in [-0.4, -0.2) is 41.3 Å². The van der Waals surface area contributed by atoms with E-state index in [1.807, 2.05) is 12.1 Å². The van der Waals surface area contributed by atoms with Gasteiger partial charge in [-0.15, -0.1) is 0 Å². The third-order valence-corrected chi connectivity index (χ3v) is 3.60. The fraction of sp³-hybridized carbons (Fsp3) is 0.533. The lowest BCUT2D eigenvalue weighted by molar-refractivity contribution is -0.153. The topological polar surface area (TPSA) is 52.6 Å². The van der Waals surface area contributed by atoms with E-state index in [4.69, 9.17) is 0 Å². The Kier molecular flexibility index (Phi) is 5.42. The van der Waals surface area contributed by atoms with Crippen LogP contribution in [0.15, 0.2) is 24.3 Å². The smallest absolute Gasteiger partial charge is 0.392 e. The van der Waals surface area contributed by atoms with Gasteiger partial charge in [-0.3, -0.25) is 9.69 Å². The first kappa shape index (κ1) is 16.8. The zero-order valence-corrected chi connectivity index (χ0v) is 12.1. The van der Waals surface area contributed by atoms with E-state index in [0.29, 0.717) is 13.1 Å². The molecule has 2 N–H and O–H groups in total. The summed E-state index contributed by atoms with van der Waals surface area (Å²) in [5.41, 5.74) is 1.74. The maximum Gasteiger partial charge on any atom is 0.397 e. The lowest BCUT2D eigenvalue weighted by Crippen LogP contribution is -2.29. The van der Waals surface area contributed by atoms with E-state index in [0.717, 1.165) is 24.1 Å². The summed E-state index contributed by atoms with van der Waals surface area (Å²) in [4.78, 5) is 13.3. The molecule has 0 aromatic heterocycles. The highest BCUT2D eigenvalue weighted by Gasteiger charge is 2.31. The normalized spacial score (nSPS) is 19.4. The molecule has 4 nitrogen and oxygen atoms in total. The Morgan fingerprint density at radius 2 is 2.00 bits per heavy atom. The van der Waals surface area contributed by atoms with Crippen molar-refractivity contribution in [2.24, 2.45) is 0 Å². The third kappa shape index (κ3) is 5.31. The Bertz CT molecular complexity index is 520. The van der Waals surface area contributed by atoms with Gasteiger partial charge in [-0.25, -0.2) is 0 Å². The molecule has 22 heavy (non-hydrogen) atoms. The number of hydrogen-bond donors (Lipinski definition) is 2. The number of aliphatic hydroxyl groups excluding tert-OH is 1. The number of likely N-dealkylation sites (tertiary alicyclic amines) is 1. The highest BCUT2D eigenvalue weighted by atomic mass is 19.4. The second-order valence-corrected chi connectivity index (χ2v) is 5.52. The van der Waals surface area contributed by atoms with Gasteiger partial charge in [0, 0.05) is 26.2 Å². The van der Waals surface area contributed by atoms with Crippen molar-refractivity contribution in [2.45, 2.75) is 38.2 Å². The minimum Gasteiger partial charge on any atom is -0.392 e. The number of carbonyl (C=O) groups excluding carboxylic acids is 1. The molecule has 0 unspecified atom stereocenters. The van der Waals surface area contributed by atoms with Gasteiger partial charge >= 0.3 is 6.18 Å². The van der Waals surface area contributed by atoms with Crippen LogP contribution in [0.2, 0.25) is 0 Å². The first-order chi connectivity index (χ1) is 10.3. The average molecular weight is 316 g/mol. The van der Waals surface area contributed by atoms with Crippen molar-refractivity contribution in [3.8, 4) is 0 Å². The highest BCUT2D eigenvalue weighted by Crippen LogP contribution is 2.20. The predicted octanol–water partition coefficient (Wildman–Crippen LogP) is 1.82. The van der Waals surface area contributed by atoms with Crippen LogP contribution in [0.5, 0.6) is 0 Å². The number of alkyl halides is 3. The first-order valence-corrected chi connectivity index (χ1v) is 7.14. The fourth-order valence-electron chi connectivity index (χ4n) is 2.52. The fourth-order valence-corrected chi connectivity index (χ4v) is 2.52. The number of amides is 1. The van der Waals surface area contributed by atoms with Crippen molar-refractivity contribution in [3.63, 3.8) is 0 Å². The average Bonchev–Trinajstić information content (AvgIpc) is 2.81. The summed E-state index contributed by atoms with van der Waals surface area (Å²) >= 11 is 0. The van der Waals surface area contributed by atoms with Gasteiger partial charge in [0.25, 0.3) is 0 Å². The van der Waals surface area contributed by atoms with Gasteiger partial charge in [-0.05, 0) is 17.5 Å². The lowest BCUT2D eigenvalue weighted by atomic mass is 10.1. The summed E-state index contributed by atoms with van der Waals surface area (Å²) < 4.78 is 36.4. The van der Waals surface area contributed by atoms with Crippen LogP contribution < -0.4 is 5.32 Å². The van der Waals surface area contributed by atoms with E-state index in [1.54, 1.807) is 12.1 Å². The van der Waals surface area contributed by atoms with E-state index in [2.05, 4.69) is 10.2 Å². The van der Waals surface area contributed by atoms with E-state index in [1.165, 1.54) is 0 Å². The highest BCUT2D eigenvalue weighted by molar-refractivity contribution is 5.76. The van der Waals surface area contributed by atoms with Gasteiger partial charge in [0.1, 0.15) is 6.42 Å². The van der Waals surface area contributed by atoms with Gasteiger partial charge in [0.2, 0.25) is 5.91 Å². The largest absolute Gasteiger partial charge is 0.397 e. The number of rotatable bonds is 5. The Balaban J connectivity index is 1.92. The molecule has 0 bridgehead atoms. The SMILES string of the molecule is O=C(CC(F)(F)F)NCc1ccccc1CN1CC[C@@H](O)C1. The number of nitrogens with one attached hydrogen (secondary N) is 1. The Hall–Kier alpha value is -1.60. The molecule has 1 fully saturated rings. The molecule has 122 valence electrons. The molecule has 7 heteroatoms. The van der Waals surface area contributed by atoms with Crippen LogP contribution in [0.4, 0.5) is 13.2 Å². The molecule has 0 radical (unpaired) electrons. The van der Waals surface area contributed by atoms with Crippen molar-refractivity contribution >= 4 is 5.91 Å². The third-order valence-electron chi connectivity index (χ3n) is 3.60. The second-order valence-electron chi connectivity index (χ2n) is 5.52. The van der Waals surface area contributed by atoms with Crippen LogP contribution in [0.1, 0.15) is 24.0 Å². The Labute approximate surface area is 126 Å². The summed E-state index contributed by atoms with van der Waals surface area (Å²) in [7, 11) is 0. The van der Waals surface area contributed by atoms with Crippen molar-refractivity contribution in [1.82, 2.24) is 10.2 Å². The van der Waals surface area contributed by atoms with Crippen LogP contribution in [0.25, 0.3) is 0 Å². The van der Waals surface area contributed by atoms with E-state index < -0.39 is 18.5 Å². The molecular weight excluding hydrogens is 297 g/mol. The Morgan fingerprint density at radius 3 is 2.59 bits per heavy atom. The molecule has 1 aliphatic heterocycles. The number of aliphatic hydroxyl groups is 1. The molecular formula is C15H19F3N2O2. The monoisotopic (exact) mass is 316 g/mol. The quantitative estimate of drug-likeness (QED) is 0.871. The molecule has 1 aromatic rings. The summed E-state index contributed by atoms with van der Waals surface area (Å²) in [5, 5.41) is 11.8. The van der Waals surface area contributed by atoms with E-state index >= 15 is 0 Å². The molecule has 1 atom stereocenters. The predicted molar refractivity (Wildman–Crippen MR) is 74.9 cm³/mol. The molecule has 1 aliphatic rings. The summed E-state index contributed by atoms with van der Waals surface area (Å²) in [6, 6.07) is 7.31. The second kappa shape index (κ2) is 7.11. The van der Waals surface area contributed by atoms with Gasteiger partial charge in [-0.1, -0.05) is 24.3 Å². The molecule has 1 heterocycles. The lowest BCUT2D eigenvalue weighted by Gasteiger charge is -2.18. The number of carbonyl (C=O) groups is 1. The molecule has 1 saturated heterocycles. The van der Waals surface area contributed by atoms with E-state index in [-0.39, 0.29) is 12.6 Å². The standard InChI is InChI=1S/C15H19F3N2O2/c16-15(17,18)7-14(22)19-8-11-3-1-2-4-12(11)9-20-6-5-13(21)10-20/h1-4,13,21H,5-10H2,(H,19,22)/t13-/m1/s1. The van der Waals surface area contributed by atoms with Crippen LogP contribution >= 0.6 is 0 Å². The van der Waals surface area contributed by atoms with E-state index in [9.17, 15) is 23.1 Å². The zero-order valence-electron chi connectivity index (χ0n) is 12.1. The number of hydrogen-bond acceptors (Lipinski definition) is 3. The summed E-state index contributed by atoms with van der Waals surface area (Å²) in [6.45, 7) is 2.06. The molecule has 0 saturated carbocycles. The Morgan fingerprint density at radius 1 is 1.32 bits per heavy atom. The van der Waals surface area contributed by atoms with Gasteiger partial charge in [-0.2, -0.15) is 13.2 Å². The molecule has 1 aromatic carbocycles. The number of halogens is 3. The minimum atomic E-state index is -4.49. The molecule has 0 aliphatic carbocycles. The zero-order chi connectivity index (χ0) is 16.2. The molecule has 0 spiro atoms. The number of nitrogens with zero attached hydrogens (tertiary/aromatic N) is 1. The maximum absolute atomic E-state index is 12.1. The molecule has 1 amide bonds. The van der Waals surface area contributed by atoms with Crippen molar-refractivity contribution in [2.75, 3.05) is 13.1 Å². The number of benzene rings is 1.